The summed E-state index contributed by atoms with van der Waals surface area (Å²) < 4.78 is 7.12. The number of pyridine rings is 1. The van der Waals surface area contributed by atoms with Crippen molar-refractivity contribution in [2.75, 3.05) is 37.7 Å². The molecule has 0 aliphatic carbocycles. The Morgan fingerprint density at radius 2 is 1.97 bits per heavy atom. The van der Waals surface area contributed by atoms with Crippen LogP contribution in [0.1, 0.15) is 38.3 Å². The highest BCUT2D eigenvalue weighted by Gasteiger charge is 2.35. The highest BCUT2D eigenvalue weighted by Crippen LogP contribution is 2.35. The summed E-state index contributed by atoms with van der Waals surface area (Å²) >= 11 is 6.67. The minimum absolute atomic E-state index is 0.0256. The van der Waals surface area contributed by atoms with E-state index in [0.29, 0.717) is 59.0 Å². The molecule has 11 heteroatoms. The number of aryl methyl sites for hydroxylation is 1. The smallest absolute Gasteiger partial charge is 0.409 e. The van der Waals surface area contributed by atoms with E-state index < -0.39 is 0 Å². The van der Waals surface area contributed by atoms with Crippen LogP contribution in [-0.2, 0) is 9.53 Å². The SMILES string of the molecule is CCOC(=O)N1CCN(c2nc3c(C)cccn3c(=O)c2/C=C2\SC(=S)N(C(C)CC)C2=O)CC1. The van der Waals surface area contributed by atoms with Gasteiger partial charge in [0, 0.05) is 38.4 Å². The van der Waals surface area contributed by atoms with Gasteiger partial charge in [-0.3, -0.25) is 18.9 Å². The second-order valence-electron chi connectivity index (χ2n) is 8.52. The van der Waals surface area contributed by atoms with E-state index in [1.807, 2.05) is 31.7 Å². The van der Waals surface area contributed by atoms with E-state index in [-0.39, 0.29) is 23.6 Å². The number of carbonyl (C=O) groups is 2. The Morgan fingerprint density at radius 3 is 2.63 bits per heavy atom. The predicted molar refractivity (Wildman–Crippen MR) is 142 cm³/mol. The molecule has 35 heavy (non-hydrogen) atoms. The lowest BCUT2D eigenvalue weighted by molar-refractivity contribution is -0.123. The fraction of sp³-hybridized carbons (Fsp3) is 0.458. The molecule has 2 aliphatic heterocycles. The summed E-state index contributed by atoms with van der Waals surface area (Å²) in [6, 6.07) is 3.68. The zero-order valence-electron chi connectivity index (χ0n) is 20.3. The minimum atomic E-state index is -0.344. The number of amides is 2. The molecule has 2 aliphatic rings. The zero-order chi connectivity index (χ0) is 25.3. The number of carbonyl (C=O) groups excluding carboxylic acids is 2. The Balaban J connectivity index is 1.77. The Morgan fingerprint density at radius 1 is 1.26 bits per heavy atom. The summed E-state index contributed by atoms with van der Waals surface area (Å²) in [4.78, 5) is 49.5. The van der Waals surface area contributed by atoms with Gasteiger partial charge >= 0.3 is 6.09 Å². The molecule has 0 spiro atoms. The van der Waals surface area contributed by atoms with Gasteiger partial charge in [0.25, 0.3) is 11.5 Å². The van der Waals surface area contributed by atoms with Gasteiger partial charge in [-0.25, -0.2) is 9.78 Å². The lowest BCUT2D eigenvalue weighted by Gasteiger charge is -2.35. The quantitative estimate of drug-likeness (QED) is 0.443. The second kappa shape index (κ2) is 10.4. The Labute approximate surface area is 213 Å². The molecule has 0 bridgehead atoms. The lowest BCUT2D eigenvalue weighted by Crippen LogP contribution is -2.49. The van der Waals surface area contributed by atoms with Crippen LogP contribution in [0.25, 0.3) is 11.7 Å². The zero-order valence-corrected chi connectivity index (χ0v) is 21.9. The van der Waals surface area contributed by atoms with Gasteiger partial charge in [-0.1, -0.05) is 37.0 Å². The summed E-state index contributed by atoms with van der Waals surface area (Å²) in [5.74, 6) is 0.308. The third-order valence-electron chi connectivity index (χ3n) is 6.30. The Kier molecular flexibility index (Phi) is 7.46. The van der Waals surface area contributed by atoms with E-state index >= 15 is 0 Å². The fourth-order valence-corrected chi connectivity index (χ4v) is 5.60. The van der Waals surface area contributed by atoms with Gasteiger partial charge in [0.05, 0.1) is 17.1 Å². The number of rotatable bonds is 5. The topological polar surface area (TPSA) is 87.5 Å². The maximum Gasteiger partial charge on any atom is 0.409 e. The first-order valence-corrected chi connectivity index (χ1v) is 12.9. The summed E-state index contributed by atoms with van der Waals surface area (Å²) in [6.07, 6.45) is 3.74. The second-order valence-corrected chi connectivity index (χ2v) is 10.2. The van der Waals surface area contributed by atoms with Crippen LogP contribution in [-0.4, -0.2) is 74.3 Å². The highest BCUT2D eigenvalue weighted by molar-refractivity contribution is 8.26. The van der Waals surface area contributed by atoms with Crippen molar-refractivity contribution >= 4 is 57.8 Å². The van der Waals surface area contributed by atoms with Crippen LogP contribution in [0, 0.1) is 6.92 Å². The van der Waals surface area contributed by atoms with E-state index in [1.54, 1.807) is 35.1 Å². The average molecular weight is 516 g/mol. The van der Waals surface area contributed by atoms with Gasteiger partial charge in [0.15, 0.2) is 0 Å². The first kappa shape index (κ1) is 25.2. The Bertz CT molecular complexity index is 1270. The molecule has 4 rings (SSSR count). The number of ether oxygens (including phenoxy) is 1. The molecule has 186 valence electrons. The number of piperazine rings is 1. The van der Waals surface area contributed by atoms with Gasteiger partial charge in [0.1, 0.15) is 15.8 Å². The minimum Gasteiger partial charge on any atom is -0.450 e. The lowest BCUT2D eigenvalue weighted by atomic mass is 10.2. The molecular formula is C24H29N5O4S2. The number of hydrogen-bond acceptors (Lipinski definition) is 8. The molecule has 2 aromatic heterocycles. The molecule has 2 fully saturated rings. The van der Waals surface area contributed by atoms with E-state index in [9.17, 15) is 14.4 Å². The molecule has 2 amide bonds. The Hall–Kier alpha value is -2.92. The van der Waals surface area contributed by atoms with Crippen LogP contribution in [0.2, 0.25) is 0 Å². The molecule has 1 atom stereocenters. The van der Waals surface area contributed by atoms with Gasteiger partial charge < -0.3 is 14.5 Å². The van der Waals surface area contributed by atoms with Gasteiger partial charge in [0.2, 0.25) is 0 Å². The van der Waals surface area contributed by atoms with Crippen LogP contribution in [0.5, 0.6) is 0 Å². The van der Waals surface area contributed by atoms with Crippen molar-refractivity contribution < 1.29 is 14.3 Å². The van der Waals surface area contributed by atoms with Crippen molar-refractivity contribution in [1.29, 1.82) is 0 Å². The summed E-state index contributed by atoms with van der Waals surface area (Å²) in [5.41, 5.74) is 1.51. The molecular weight excluding hydrogens is 486 g/mol. The first-order valence-electron chi connectivity index (χ1n) is 11.7. The summed E-state index contributed by atoms with van der Waals surface area (Å²) in [7, 11) is 0. The molecule has 1 unspecified atom stereocenters. The van der Waals surface area contributed by atoms with Gasteiger partial charge in [-0.15, -0.1) is 0 Å². The van der Waals surface area contributed by atoms with Crippen molar-refractivity contribution in [3.05, 3.63) is 44.7 Å². The normalized spacial score (nSPS) is 18.6. The third-order valence-corrected chi connectivity index (χ3v) is 7.63. The van der Waals surface area contributed by atoms with Crippen LogP contribution in [0.3, 0.4) is 0 Å². The van der Waals surface area contributed by atoms with Crippen molar-refractivity contribution in [3.63, 3.8) is 0 Å². The van der Waals surface area contributed by atoms with E-state index in [1.165, 1.54) is 16.2 Å². The molecule has 2 saturated heterocycles. The van der Waals surface area contributed by atoms with E-state index in [4.69, 9.17) is 21.9 Å². The van der Waals surface area contributed by atoms with Crippen LogP contribution < -0.4 is 10.5 Å². The number of anilines is 1. The number of nitrogens with zero attached hydrogens (tertiary/aromatic N) is 5. The fourth-order valence-electron chi connectivity index (χ4n) is 4.16. The number of hydrogen-bond donors (Lipinski definition) is 0. The third kappa shape index (κ3) is 4.79. The van der Waals surface area contributed by atoms with E-state index in [2.05, 4.69) is 0 Å². The largest absolute Gasteiger partial charge is 0.450 e. The van der Waals surface area contributed by atoms with Crippen LogP contribution >= 0.6 is 24.0 Å². The summed E-state index contributed by atoms with van der Waals surface area (Å²) in [6.45, 7) is 9.83. The monoisotopic (exact) mass is 515 g/mol. The molecule has 0 radical (unpaired) electrons. The number of thiocarbonyl (C=S) groups is 1. The van der Waals surface area contributed by atoms with Crippen molar-refractivity contribution in [1.82, 2.24) is 19.2 Å². The molecule has 9 nitrogen and oxygen atoms in total. The van der Waals surface area contributed by atoms with Gasteiger partial charge in [-0.05, 0) is 44.9 Å². The number of fused-ring (bicyclic) bond motifs is 1. The summed E-state index contributed by atoms with van der Waals surface area (Å²) in [5, 5.41) is 0. The van der Waals surface area contributed by atoms with E-state index in [0.717, 1.165) is 12.0 Å². The molecule has 0 saturated carbocycles. The average Bonchev–Trinajstić information content (AvgIpc) is 3.13. The van der Waals surface area contributed by atoms with Crippen LogP contribution in [0.15, 0.2) is 28.0 Å². The molecule has 0 N–H and O–H groups in total. The molecule has 0 aromatic carbocycles. The standard InChI is InChI=1S/C24H29N5O4S2/c1-5-16(4)29-22(31)18(35-24(29)34)14-17-20(25-19-15(3)8-7-9-28(19)21(17)30)26-10-12-27(13-11-26)23(32)33-6-2/h7-9,14,16H,5-6,10-13H2,1-4H3/b18-14-. The number of aromatic nitrogens is 2. The highest BCUT2D eigenvalue weighted by atomic mass is 32.2. The van der Waals surface area contributed by atoms with Gasteiger partial charge in [-0.2, -0.15) is 0 Å². The predicted octanol–water partition coefficient (Wildman–Crippen LogP) is 3.28. The molecule has 4 heterocycles. The maximum absolute atomic E-state index is 13.6. The molecule has 2 aromatic rings. The first-order chi connectivity index (χ1) is 16.8. The van der Waals surface area contributed by atoms with Crippen molar-refractivity contribution in [2.45, 2.75) is 40.2 Å². The van der Waals surface area contributed by atoms with Crippen LogP contribution in [0.4, 0.5) is 10.6 Å². The van der Waals surface area contributed by atoms with Crippen molar-refractivity contribution in [2.24, 2.45) is 0 Å². The maximum atomic E-state index is 13.6. The number of thioether (sulfide) groups is 1. The van der Waals surface area contributed by atoms with Crippen molar-refractivity contribution in [3.8, 4) is 0 Å².